The fourth-order valence-electron chi connectivity index (χ4n) is 3.83. The number of carbonyl (C=O) groups is 1. The number of hydrogen-bond donors (Lipinski definition) is 2. The summed E-state index contributed by atoms with van der Waals surface area (Å²) >= 11 is 1.71. The first-order valence-electron chi connectivity index (χ1n) is 11.5. The Morgan fingerprint density at radius 2 is 1.85 bits per heavy atom. The number of hydrogen-bond acceptors (Lipinski definition) is 6. The van der Waals surface area contributed by atoms with Crippen LogP contribution >= 0.6 is 11.8 Å². The van der Waals surface area contributed by atoms with Crippen molar-refractivity contribution < 1.29 is 9.53 Å². The van der Waals surface area contributed by atoms with Crippen molar-refractivity contribution in [2.24, 2.45) is 0 Å². The Bertz CT molecular complexity index is 1220. The van der Waals surface area contributed by atoms with Gasteiger partial charge < -0.3 is 15.0 Å². The van der Waals surface area contributed by atoms with E-state index in [2.05, 4.69) is 47.3 Å². The average molecular weight is 479 g/mol. The fraction of sp³-hybridized carbons (Fsp3) is 0.346. The molecule has 2 aromatic carbocycles. The van der Waals surface area contributed by atoms with E-state index in [1.807, 2.05) is 36.1 Å². The third-order valence-electron chi connectivity index (χ3n) is 5.83. The monoisotopic (exact) mass is 478 g/mol. The molecule has 1 aromatic heterocycles. The molecule has 0 saturated carbocycles. The number of nitrogens with one attached hydrogen (secondary N) is 2. The van der Waals surface area contributed by atoms with Crippen LogP contribution in [0.15, 0.2) is 57.1 Å². The van der Waals surface area contributed by atoms with Crippen LogP contribution in [0.1, 0.15) is 28.8 Å². The first-order valence-corrected chi connectivity index (χ1v) is 12.3. The summed E-state index contributed by atoms with van der Waals surface area (Å²) < 4.78 is 5.35. The number of aromatic amines is 1. The van der Waals surface area contributed by atoms with E-state index < -0.39 is 0 Å². The molecule has 0 atom stereocenters. The van der Waals surface area contributed by atoms with Crippen LogP contribution in [0, 0.1) is 20.8 Å². The number of aromatic nitrogens is 2. The summed E-state index contributed by atoms with van der Waals surface area (Å²) in [5.41, 5.74) is 4.23. The van der Waals surface area contributed by atoms with Gasteiger partial charge in [-0.1, -0.05) is 23.9 Å². The van der Waals surface area contributed by atoms with Gasteiger partial charge in [0.2, 0.25) is 11.9 Å². The van der Waals surface area contributed by atoms with E-state index in [-0.39, 0.29) is 17.9 Å². The second kappa shape index (κ2) is 10.9. The van der Waals surface area contributed by atoms with Gasteiger partial charge in [0.15, 0.2) is 0 Å². The topological polar surface area (TPSA) is 87.3 Å². The van der Waals surface area contributed by atoms with Gasteiger partial charge in [-0.25, -0.2) is 4.98 Å². The van der Waals surface area contributed by atoms with Crippen molar-refractivity contribution in [2.75, 3.05) is 36.5 Å². The first-order chi connectivity index (χ1) is 16.4. The highest BCUT2D eigenvalue weighted by molar-refractivity contribution is 7.99. The number of amides is 1. The van der Waals surface area contributed by atoms with E-state index in [1.54, 1.807) is 11.8 Å². The lowest BCUT2D eigenvalue weighted by molar-refractivity contribution is -0.116. The number of H-pyrrole nitrogens is 1. The van der Waals surface area contributed by atoms with Gasteiger partial charge in [-0.15, -0.1) is 0 Å². The van der Waals surface area contributed by atoms with Gasteiger partial charge in [-0.2, -0.15) is 0 Å². The second-order valence-corrected chi connectivity index (χ2v) is 9.61. The summed E-state index contributed by atoms with van der Waals surface area (Å²) in [6.45, 7) is 8.66. The molecule has 1 amide bonds. The van der Waals surface area contributed by atoms with Gasteiger partial charge in [0.05, 0.1) is 13.2 Å². The van der Waals surface area contributed by atoms with Crippen molar-refractivity contribution in [2.45, 2.75) is 43.4 Å². The third kappa shape index (κ3) is 6.07. The number of benzene rings is 2. The molecule has 0 radical (unpaired) electrons. The molecule has 4 rings (SSSR count). The van der Waals surface area contributed by atoms with Crippen LogP contribution in [0.4, 0.5) is 11.6 Å². The van der Waals surface area contributed by atoms with Crippen LogP contribution in [0.2, 0.25) is 0 Å². The van der Waals surface area contributed by atoms with E-state index in [9.17, 15) is 9.59 Å². The lowest BCUT2D eigenvalue weighted by Gasteiger charge is -2.27. The first kappa shape index (κ1) is 24.0. The Balaban J connectivity index is 1.33. The molecule has 0 aliphatic carbocycles. The molecule has 1 saturated heterocycles. The van der Waals surface area contributed by atoms with Crippen molar-refractivity contribution >= 4 is 29.3 Å². The maximum absolute atomic E-state index is 12.6. The van der Waals surface area contributed by atoms with E-state index in [0.717, 1.165) is 10.6 Å². The molecule has 178 valence electrons. The molecule has 1 aliphatic heterocycles. The van der Waals surface area contributed by atoms with Gasteiger partial charge in [-0.3, -0.25) is 14.6 Å². The zero-order valence-electron chi connectivity index (χ0n) is 19.8. The van der Waals surface area contributed by atoms with Crippen molar-refractivity contribution in [1.82, 2.24) is 9.97 Å². The average Bonchev–Trinajstić information content (AvgIpc) is 2.82. The predicted octanol–water partition coefficient (Wildman–Crippen LogP) is 4.25. The normalized spacial score (nSPS) is 13.7. The Labute approximate surface area is 203 Å². The van der Waals surface area contributed by atoms with Crippen molar-refractivity contribution in [1.29, 1.82) is 0 Å². The van der Waals surface area contributed by atoms with Crippen LogP contribution in [-0.2, 0) is 16.0 Å². The van der Waals surface area contributed by atoms with Crippen LogP contribution in [-0.4, -0.2) is 42.2 Å². The number of carbonyl (C=O) groups excluding carboxylic acids is 1. The minimum Gasteiger partial charge on any atom is -0.378 e. The molecule has 0 unspecified atom stereocenters. The maximum atomic E-state index is 12.6. The second-order valence-electron chi connectivity index (χ2n) is 8.50. The molecule has 1 fully saturated rings. The minimum absolute atomic E-state index is 0.133. The smallest absolute Gasteiger partial charge is 0.255 e. The number of aryl methyl sites for hydroxylation is 3. The van der Waals surface area contributed by atoms with Crippen LogP contribution in [0.25, 0.3) is 0 Å². The Morgan fingerprint density at radius 3 is 2.56 bits per heavy atom. The van der Waals surface area contributed by atoms with E-state index in [4.69, 9.17) is 4.74 Å². The molecular formula is C26H30N4O3S. The Morgan fingerprint density at radius 1 is 1.12 bits per heavy atom. The quantitative estimate of drug-likeness (QED) is 0.528. The molecule has 0 bridgehead atoms. The molecule has 2 N–H and O–H groups in total. The molecule has 3 aromatic rings. The molecular weight excluding hydrogens is 448 g/mol. The number of rotatable bonds is 7. The molecule has 34 heavy (non-hydrogen) atoms. The van der Waals surface area contributed by atoms with Crippen LogP contribution < -0.4 is 15.8 Å². The fourth-order valence-corrected chi connectivity index (χ4v) is 4.83. The molecule has 1 aliphatic rings. The van der Waals surface area contributed by atoms with Gasteiger partial charge in [0.1, 0.15) is 0 Å². The summed E-state index contributed by atoms with van der Waals surface area (Å²) in [4.78, 5) is 36.9. The van der Waals surface area contributed by atoms with Crippen LogP contribution in [0.5, 0.6) is 0 Å². The minimum atomic E-state index is -0.186. The summed E-state index contributed by atoms with van der Waals surface area (Å²) in [6.07, 6.45) is 0.547. The largest absolute Gasteiger partial charge is 0.378 e. The number of morpholine rings is 1. The highest BCUT2D eigenvalue weighted by Crippen LogP contribution is 2.31. The summed E-state index contributed by atoms with van der Waals surface area (Å²) in [7, 11) is 0. The number of ether oxygens (including phenoxy) is 1. The van der Waals surface area contributed by atoms with Gasteiger partial charge in [0.25, 0.3) is 5.56 Å². The Hall–Kier alpha value is -3.10. The number of nitrogens with zero attached hydrogens (tertiary/aromatic N) is 2. The van der Waals surface area contributed by atoms with Crippen molar-refractivity contribution in [3.05, 3.63) is 75.2 Å². The SMILES string of the molecule is Cc1ccc(C)c(Sc2ccc(NC(=O)CCc3c(C)nc(N4CCOCC4)[nH]c3=O)cc2)c1. The number of anilines is 2. The van der Waals surface area contributed by atoms with Gasteiger partial charge in [-0.05, 0) is 68.7 Å². The van der Waals surface area contributed by atoms with Crippen molar-refractivity contribution in [3.8, 4) is 0 Å². The third-order valence-corrected chi connectivity index (χ3v) is 7.00. The Kier molecular flexibility index (Phi) is 7.70. The van der Waals surface area contributed by atoms with E-state index >= 15 is 0 Å². The molecule has 7 nitrogen and oxygen atoms in total. The van der Waals surface area contributed by atoms with Gasteiger partial charge >= 0.3 is 0 Å². The highest BCUT2D eigenvalue weighted by atomic mass is 32.2. The molecule has 8 heteroatoms. The van der Waals surface area contributed by atoms with Crippen LogP contribution in [0.3, 0.4) is 0 Å². The molecule has 0 spiro atoms. The standard InChI is InChI=1S/C26H30N4O3S/c1-17-4-5-18(2)23(16-17)34-21-8-6-20(7-9-21)28-24(31)11-10-22-19(3)27-26(29-25(22)32)30-12-14-33-15-13-30/h4-9,16H,10-15H2,1-3H3,(H,28,31)(H,27,29,32). The zero-order chi connectivity index (χ0) is 24.1. The lowest BCUT2D eigenvalue weighted by Crippen LogP contribution is -2.38. The predicted molar refractivity (Wildman–Crippen MR) is 136 cm³/mol. The molecule has 2 heterocycles. The highest BCUT2D eigenvalue weighted by Gasteiger charge is 2.17. The maximum Gasteiger partial charge on any atom is 0.255 e. The van der Waals surface area contributed by atoms with Gasteiger partial charge in [0, 0.05) is 46.2 Å². The summed E-state index contributed by atoms with van der Waals surface area (Å²) in [5.74, 6) is 0.434. The summed E-state index contributed by atoms with van der Waals surface area (Å²) in [6, 6.07) is 14.2. The summed E-state index contributed by atoms with van der Waals surface area (Å²) in [5, 5.41) is 2.92. The zero-order valence-corrected chi connectivity index (χ0v) is 20.6. The van der Waals surface area contributed by atoms with Crippen molar-refractivity contribution in [3.63, 3.8) is 0 Å². The lowest BCUT2D eigenvalue weighted by atomic mass is 10.1. The van der Waals surface area contributed by atoms with E-state index in [1.165, 1.54) is 16.0 Å². The van der Waals surface area contributed by atoms with E-state index in [0.29, 0.717) is 49.9 Å².